The van der Waals surface area contributed by atoms with Crippen molar-refractivity contribution in [2.45, 2.75) is 50.7 Å². The summed E-state index contributed by atoms with van der Waals surface area (Å²) in [6.45, 7) is 5.70. The summed E-state index contributed by atoms with van der Waals surface area (Å²) in [5.41, 5.74) is 0. The fourth-order valence-corrected chi connectivity index (χ4v) is 2.38. The van der Waals surface area contributed by atoms with Gasteiger partial charge in [-0.05, 0) is 32.6 Å². The Hall–Kier alpha value is -0.120. The van der Waals surface area contributed by atoms with Crippen molar-refractivity contribution in [3.63, 3.8) is 0 Å². The number of nitrogens with zero attached hydrogens (tertiary/aromatic N) is 1. The smallest absolute Gasteiger partial charge is 0.0477 e. The highest BCUT2D eigenvalue weighted by atomic mass is 16.5. The van der Waals surface area contributed by atoms with E-state index in [1.807, 2.05) is 0 Å². The van der Waals surface area contributed by atoms with Crippen LogP contribution in [0.25, 0.3) is 0 Å². The van der Waals surface area contributed by atoms with Crippen LogP contribution in [-0.2, 0) is 4.74 Å². The summed E-state index contributed by atoms with van der Waals surface area (Å²) in [5, 5.41) is 3.72. The van der Waals surface area contributed by atoms with E-state index < -0.39 is 0 Å². The predicted molar refractivity (Wildman–Crippen MR) is 62.1 cm³/mol. The van der Waals surface area contributed by atoms with Gasteiger partial charge in [0.15, 0.2) is 0 Å². The summed E-state index contributed by atoms with van der Waals surface area (Å²) >= 11 is 0. The molecule has 1 aliphatic heterocycles. The Balaban J connectivity index is 1.66. The van der Waals surface area contributed by atoms with Crippen LogP contribution in [0.3, 0.4) is 0 Å². The highest BCUT2D eigenvalue weighted by molar-refractivity contribution is 4.90. The van der Waals surface area contributed by atoms with Gasteiger partial charge in [-0.2, -0.15) is 0 Å². The maximum Gasteiger partial charge on any atom is 0.0477 e. The molecule has 3 heteroatoms. The van der Waals surface area contributed by atoms with Crippen molar-refractivity contribution in [1.82, 2.24) is 10.2 Å². The summed E-state index contributed by atoms with van der Waals surface area (Å²) in [4.78, 5) is 2.60. The quantitative estimate of drug-likeness (QED) is 0.717. The van der Waals surface area contributed by atoms with Crippen molar-refractivity contribution in [1.29, 1.82) is 0 Å². The second-order valence-corrected chi connectivity index (χ2v) is 5.05. The largest absolute Gasteiger partial charge is 0.385 e. The highest BCUT2D eigenvalue weighted by Crippen LogP contribution is 2.22. The van der Waals surface area contributed by atoms with Crippen LogP contribution in [-0.4, -0.2) is 49.8 Å². The third-order valence-electron chi connectivity index (χ3n) is 3.63. The van der Waals surface area contributed by atoms with Crippen molar-refractivity contribution in [3.8, 4) is 0 Å². The second-order valence-electron chi connectivity index (χ2n) is 5.05. The van der Waals surface area contributed by atoms with Crippen LogP contribution in [0, 0.1) is 0 Å². The minimum Gasteiger partial charge on any atom is -0.385 e. The molecule has 2 aliphatic rings. The lowest BCUT2D eigenvalue weighted by Crippen LogP contribution is -2.37. The SMILES string of the molecule is COCCC(C)N1CCC(NC2CC2)C1. The molecule has 88 valence electrons. The van der Waals surface area contributed by atoms with E-state index in [0.717, 1.165) is 25.1 Å². The maximum atomic E-state index is 5.13. The van der Waals surface area contributed by atoms with Crippen LogP contribution in [0.5, 0.6) is 0 Å². The standard InChI is InChI=1S/C12H24N2O/c1-10(6-8-15-2)14-7-5-12(9-14)13-11-3-4-11/h10-13H,3-9H2,1-2H3. The van der Waals surface area contributed by atoms with Crippen LogP contribution in [0.4, 0.5) is 0 Å². The Morgan fingerprint density at radius 3 is 2.80 bits per heavy atom. The van der Waals surface area contributed by atoms with E-state index in [0.29, 0.717) is 6.04 Å². The Kier molecular flexibility index (Phi) is 4.00. The van der Waals surface area contributed by atoms with E-state index in [9.17, 15) is 0 Å². The fraction of sp³-hybridized carbons (Fsp3) is 1.00. The Morgan fingerprint density at radius 2 is 2.13 bits per heavy atom. The Labute approximate surface area is 93.2 Å². The van der Waals surface area contributed by atoms with Gasteiger partial charge in [-0.3, -0.25) is 4.90 Å². The van der Waals surface area contributed by atoms with Gasteiger partial charge in [0.2, 0.25) is 0 Å². The van der Waals surface area contributed by atoms with E-state index in [1.165, 1.54) is 32.4 Å². The first-order valence-corrected chi connectivity index (χ1v) is 6.28. The molecule has 0 aromatic carbocycles. The normalized spacial score (nSPS) is 29.6. The average molecular weight is 212 g/mol. The van der Waals surface area contributed by atoms with E-state index >= 15 is 0 Å². The molecule has 0 bridgehead atoms. The van der Waals surface area contributed by atoms with Gasteiger partial charge in [0.1, 0.15) is 0 Å². The van der Waals surface area contributed by atoms with Gasteiger partial charge in [-0.15, -0.1) is 0 Å². The number of likely N-dealkylation sites (tertiary alicyclic amines) is 1. The van der Waals surface area contributed by atoms with Crippen molar-refractivity contribution in [2.24, 2.45) is 0 Å². The minimum atomic E-state index is 0.677. The topological polar surface area (TPSA) is 24.5 Å². The molecule has 0 aromatic heterocycles. The van der Waals surface area contributed by atoms with E-state index in [-0.39, 0.29) is 0 Å². The van der Waals surface area contributed by atoms with Gasteiger partial charge in [0.25, 0.3) is 0 Å². The molecular weight excluding hydrogens is 188 g/mol. The van der Waals surface area contributed by atoms with Crippen LogP contribution in [0.2, 0.25) is 0 Å². The first-order chi connectivity index (χ1) is 7.29. The first kappa shape index (κ1) is 11.4. The lowest BCUT2D eigenvalue weighted by molar-refractivity contribution is 0.151. The van der Waals surface area contributed by atoms with Crippen LogP contribution in [0.15, 0.2) is 0 Å². The van der Waals surface area contributed by atoms with Crippen LogP contribution in [0.1, 0.15) is 32.6 Å². The first-order valence-electron chi connectivity index (χ1n) is 6.28. The molecule has 1 saturated heterocycles. The Morgan fingerprint density at radius 1 is 1.33 bits per heavy atom. The van der Waals surface area contributed by atoms with Crippen molar-refractivity contribution in [3.05, 3.63) is 0 Å². The summed E-state index contributed by atoms with van der Waals surface area (Å²) in [6.07, 6.45) is 5.28. The van der Waals surface area contributed by atoms with Crippen LogP contribution < -0.4 is 5.32 Å². The molecule has 0 aromatic rings. The summed E-state index contributed by atoms with van der Waals surface area (Å²) in [7, 11) is 1.79. The number of nitrogens with one attached hydrogen (secondary N) is 1. The molecule has 15 heavy (non-hydrogen) atoms. The van der Waals surface area contributed by atoms with Crippen LogP contribution >= 0.6 is 0 Å². The fourth-order valence-electron chi connectivity index (χ4n) is 2.38. The zero-order chi connectivity index (χ0) is 10.7. The molecule has 3 nitrogen and oxygen atoms in total. The molecular formula is C12H24N2O. The summed E-state index contributed by atoms with van der Waals surface area (Å²) in [5.74, 6) is 0. The molecule has 1 N–H and O–H groups in total. The number of hydrogen-bond donors (Lipinski definition) is 1. The predicted octanol–water partition coefficient (Wildman–Crippen LogP) is 1.24. The molecule has 0 amide bonds. The Bertz CT molecular complexity index is 194. The van der Waals surface area contributed by atoms with Gasteiger partial charge >= 0.3 is 0 Å². The summed E-state index contributed by atoms with van der Waals surface area (Å²) < 4.78 is 5.13. The zero-order valence-electron chi connectivity index (χ0n) is 10.0. The zero-order valence-corrected chi connectivity index (χ0v) is 10.0. The molecule has 0 spiro atoms. The average Bonchev–Trinajstić information content (AvgIpc) is 2.91. The molecule has 0 radical (unpaired) electrons. The molecule has 2 rings (SSSR count). The highest BCUT2D eigenvalue weighted by Gasteiger charge is 2.30. The van der Waals surface area contributed by atoms with Gasteiger partial charge in [0.05, 0.1) is 0 Å². The summed E-state index contributed by atoms with van der Waals surface area (Å²) in [6, 6.07) is 2.28. The van der Waals surface area contributed by atoms with Gasteiger partial charge < -0.3 is 10.1 Å². The third kappa shape index (κ3) is 3.44. The monoisotopic (exact) mass is 212 g/mol. The van der Waals surface area contributed by atoms with E-state index in [4.69, 9.17) is 4.74 Å². The number of ether oxygens (including phenoxy) is 1. The van der Waals surface area contributed by atoms with Gasteiger partial charge in [-0.1, -0.05) is 0 Å². The second kappa shape index (κ2) is 5.28. The lowest BCUT2D eigenvalue weighted by Gasteiger charge is -2.24. The van der Waals surface area contributed by atoms with E-state index in [1.54, 1.807) is 7.11 Å². The maximum absolute atomic E-state index is 5.13. The molecule has 2 atom stereocenters. The molecule has 1 heterocycles. The molecule has 1 aliphatic carbocycles. The number of methoxy groups -OCH3 is 1. The van der Waals surface area contributed by atoms with Crippen molar-refractivity contribution in [2.75, 3.05) is 26.8 Å². The number of hydrogen-bond acceptors (Lipinski definition) is 3. The lowest BCUT2D eigenvalue weighted by atomic mass is 10.2. The van der Waals surface area contributed by atoms with Crippen molar-refractivity contribution < 1.29 is 4.74 Å². The molecule has 2 unspecified atom stereocenters. The van der Waals surface area contributed by atoms with Crippen molar-refractivity contribution >= 4 is 0 Å². The van der Waals surface area contributed by atoms with E-state index in [2.05, 4.69) is 17.1 Å². The minimum absolute atomic E-state index is 0.677. The van der Waals surface area contributed by atoms with Gasteiger partial charge in [0, 0.05) is 44.9 Å². The molecule has 1 saturated carbocycles. The van der Waals surface area contributed by atoms with Gasteiger partial charge in [-0.25, -0.2) is 0 Å². The third-order valence-corrected chi connectivity index (χ3v) is 3.63. The number of rotatable bonds is 6. The molecule has 2 fully saturated rings.